The molecule has 0 aliphatic heterocycles. The van der Waals surface area contributed by atoms with Gasteiger partial charge < -0.3 is 5.32 Å². The highest BCUT2D eigenvalue weighted by Gasteiger charge is 1.96. The summed E-state index contributed by atoms with van der Waals surface area (Å²) in [6, 6.07) is 3.57. The molecule has 2 rings (SSSR count). The number of aromatic nitrogens is 3. The Bertz CT molecular complexity index is 407. The number of anilines is 1. The van der Waals surface area contributed by atoms with Crippen molar-refractivity contribution in [3.8, 4) is 5.82 Å². The molecular weight excluding hydrogens is 180 g/mol. The number of nitrogens with one attached hydrogen (secondary N) is 1. The maximum absolute atomic E-state index is 10.1. The van der Waals surface area contributed by atoms with E-state index in [0.29, 0.717) is 12.1 Å². The summed E-state index contributed by atoms with van der Waals surface area (Å²) >= 11 is 0. The molecule has 0 aliphatic carbocycles. The minimum Gasteiger partial charge on any atom is -0.327 e. The number of nitrogens with zero attached hydrogens (tertiary/aromatic N) is 3. The second-order valence-electron chi connectivity index (χ2n) is 2.64. The standard InChI is InChI=1S/C9H8N4O/c14-7-12-8-1-2-9(11-5-8)13-4-3-10-6-13/h1-7H,(H,12,14). The smallest absolute Gasteiger partial charge is 0.211 e. The minimum absolute atomic E-state index is 0.619. The Labute approximate surface area is 80.4 Å². The predicted octanol–water partition coefficient (Wildman–Crippen LogP) is 0.836. The summed E-state index contributed by atoms with van der Waals surface area (Å²) in [6.07, 6.45) is 7.35. The Morgan fingerprint density at radius 3 is 2.93 bits per heavy atom. The monoisotopic (exact) mass is 188 g/mol. The van der Waals surface area contributed by atoms with E-state index in [4.69, 9.17) is 0 Å². The van der Waals surface area contributed by atoms with Gasteiger partial charge in [-0.05, 0) is 12.1 Å². The first-order valence-electron chi connectivity index (χ1n) is 4.05. The first kappa shape index (κ1) is 8.43. The topological polar surface area (TPSA) is 59.8 Å². The Morgan fingerprint density at radius 1 is 1.43 bits per heavy atom. The lowest BCUT2D eigenvalue weighted by Gasteiger charge is -2.01. The number of hydrogen-bond acceptors (Lipinski definition) is 3. The van der Waals surface area contributed by atoms with Gasteiger partial charge in [0, 0.05) is 12.4 Å². The molecule has 0 spiro atoms. The molecule has 70 valence electrons. The van der Waals surface area contributed by atoms with Gasteiger partial charge in [0.25, 0.3) is 0 Å². The molecule has 2 aromatic heterocycles. The van der Waals surface area contributed by atoms with Crippen LogP contribution in [0.4, 0.5) is 5.69 Å². The van der Waals surface area contributed by atoms with Crippen LogP contribution >= 0.6 is 0 Å². The van der Waals surface area contributed by atoms with Crippen LogP contribution in [0.25, 0.3) is 5.82 Å². The Balaban J connectivity index is 2.26. The van der Waals surface area contributed by atoms with Gasteiger partial charge in [-0.1, -0.05) is 0 Å². The second kappa shape index (κ2) is 3.69. The molecule has 5 heteroatoms. The highest BCUT2D eigenvalue weighted by molar-refractivity contribution is 5.70. The van der Waals surface area contributed by atoms with Crippen LogP contribution in [0, 0.1) is 0 Å². The van der Waals surface area contributed by atoms with Crippen molar-refractivity contribution in [1.82, 2.24) is 14.5 Å². The van der Waals surface area contributed by atoms with Crippen molar-refractivity contribution in [2.24, 2.45) is 0 Å². The number of rotatable bonds is 3. The van der Waals surface area contributed by atoms with Crippen LogP contribution in [-0.4, -0.2) is 20.9 Å². The number of hydrogen-bond donors (Lipinski definition) is 1. The van der Waals surface area contributed by atoms with Crippen molar-refractivity contribution in [3.05, 3.63) is 37.1 Å². The molecule has 0 saturated carbocycles. The molecule has 0 fully saturated rings. The van der Waals surface area contributed by atoms with Crippen molar-refractivity contribution in [1.29, 1.82) is 0 Å². The quantitative estimate of drug-likeness (QED) is 0.726. The molecule has 1 N–H and O–H groups in total. The van der Waals surface area contributed by atoms with Crippen molar-refractivity contribution in [2.45, 2.75) is 0 Å². The fourth-order valence-electron chi connectivity index (χ4n) is 1.09. The van der Waals surface area contributed by atoms with Gasteiger partial charge in [-0.25, -0.2) is 9.97 Å². The van der Waals surface area contributed by atoms with Crippen LogP contribution in [0.15, 0.2) is 37.1 Å². The van der Waals surface area contributed by atoms with Crippen LogP contribution in [0.5, 0.6) is 0 Å². The third-order valence-electron chi connectivity index (χ3n) is 1.74. The highest BCUT2D eigenvalue weighted by atomic mass is 16.1. The number of carbonyl (C=O) groups is 1. The summed E-state index contributed by atoms with van der Waals surface area (Å²) in [5.74, 6) is 0.763. The Kier molecular flexibility index (Phi) is 2.22. The van der Waals surface area contributed by atoms with E-state index >= 15 is 0 Å². The fraction of sp³-hybridized carbons (Fsp3) is 0. The summed E-state index contributed by atoms with van der Waals surface area (Å²) in [4.78, 5) is 18.2. The Hall–Kier alpha value is -2.17. The maximum atomic E-state index is 10.1. The van der Waals surface area contributed by atoms with E-state index in [-0.39, 0.29) is 0 Å². The third kappa shape index (κ3) is 1.61. The third-order valence-corrected chi connectivity index (χ3v) is 1.74. The molecule has 0 radical (unpaired) electrons. The highest BCUT2D eigenvalue weighted by Crippen LogP contribution is 2.08. The van der Waals surface area contributed by atoms with E-state index < -0.39 is 0 Å². The van der Waals surface area contributed by atoms with E-state index in [9.17, 15) is 4.79 Å². The van der Waals surface area contributed by atoms with E-state index in [1.54, 1.807) is 41.6 Å². The van der Waals surface area contributed by atoms with Gasteiger partial charge in [0.05, 0.1) is 11.9 Å². The molecule has 0 atom stereocenters. The molecule has 0 aromatic carbocycles. The largest absolute Gasteiger partial charge is 0.327 e. The SMILES string of the molecule is O=CNc1ccc(-n2ccnc2)nc1. The molecule has 0 bridgehead atoms. The summed E-state index contributed by atoms with van der Waals surface area (Å²) in [7, 11) is 0. The van der Waals surface area contributed by atoms with Crippen molar-refractivity contribution in [2.75, 3.05) is 5.32 Å². The van der Waals surface area contributed by atoms with E-state index in [2.05, 4.69) is 15.3 Å². The first-order chi connectivity index (χ1) is 6.90. The average molecular weight is 188 g/mol. The molecule has 2 aromatic rings. The number of imidazole rings is 1. The number of pyridine rings is 1. The van der Waals surface area contributed by atoms with Crippen molar-refractivity contribution < 1.29 is 4.79 Å². The van der Waals surface area contributed by atoms with Gasteiger partial charge in [0.2, 0.25) is 6.41 Å². The molecule has 2 heterocycles. The summed E-state index contributed by atoms with van der Waals surface area (Å²) < 4.78 is 1.78. The zero-order chi connectivity index (χ0) is 9.80. The van der Waals surface area contributed by atoms with Crippen LogP contribution in [0.3, 0.4) is 0 Å². The minimum atomic E-state index is 0.619. The van der Waals surface area contributed by atoms with Gasteiger partial charge in [-0.15, -0.1) is 0 Å². The summed E-state index contributed by atoms with van der Waals surface area (Å²) in [6.45, 7) is 0. The van der Waals surface area contributed by atoms with E-state index in [1.807, 2.05) is 0 Å². The van der Waals surface area contributed by atoms with Gasteiger partial charge >= 0.3 is 0 Å². The molecule has 0 aliphatic rings. The zero-order valence-electron chi connectivity index (χ0n) is 7.29. The van der Waals surface area contributed by atoms with Crippen LogP contribution < -0.4 is 5.32 Å². The first-order valence-corrected chi connectivity index (χ1v) is 4.05. The van der Waals surface area contributed by atoms with E-state index in [0.717, 1.165) is 5.82 Å². The lowest BCUT2D eigenvalue weighted by Crippen LogP contribution is -1.97. The molecule has 14 heavy (non-hydrogen) atoms. The molecule has 0 unspecified atom stereocenters. The zero-order valence-corrected chi connectivity index (χ0v) is 7.29. The second-order valence-corrected chi connectivity index (χ2v) is 2.64. The number of amides is 1. The van der Waals surface area contributed by atoms with Crippen molar-refractivity contribution >= 4 is 12.1 Å². The van der Waals surface area contributed by atoms with Crippen LogP contribution in [-0.2, 0) is 4.79 Å². The summed E-state index contributed by atoms with van der Waals surface area (Å²) in [5.41, 5.74) is 0.670. The van der Waals surface area contributed by atoms with Crippen LogP contribution in [0.1, 0.15) is 0 Å². The maximum Gasteiger partial charge on any atom is 0.211 e. The molecule has 1 amide bonds. The number of carbonyl (C=O) groups excluding carboxylic acids is 1. The Morgan fingerprint density at radius 2 is 2.36 bits per heavy atom. The van der Waals surface area contributed by atoms with Gasteiger partial charge in [0.1, 0.15) is 12.1 Å². The predicted molar refractivity (Wildman–Crippen MR) is 51.0 cm³/mol. The van der Waals surface area contributed by atoms with Crippen molar-refractivity contribution in [3.63, 3.8) is 0 Å². The normalized spacial score (nSPS) is 9.71. The fourth-order valence-corrected chi connectivity index (χ4v) is 1.09. The van der Waals surface area contributed by atoms with Gasteiger partial charge in [-0.2, -0.15) is 0 Å². The lowest BCUT2D eigenvalue weighted by molar-refractivity contribution is -0.105. The molecular formula is C9H8N4O. The van der Waals surface area contributed by atoms with Gasteiger partial charge in [-0.3, -0.25) is 9.36 Å². The molecule has 5 nitrogen and oxygen atoms in total. The average Bonchev–Trinajstić information content (AvgIpc) is 2.72. The van der Waals surface area contributed by atoms with E-state index in [1.165, 1.54) is 0 Å². The van der Waals surface area contributed by atoms with Gasteiger partial charge in [0.15, 0.2) is 0 Å². The summed E-state index contributed by atoms with van der Waals surface area (Å²) in [5, 5.41) is 2.51. The molecule has 0 saturated heterocycles. The van der Waals surface area contributed by atoms with Crippen LogP contribution in [0.2, 0.25) is 0 Å². The lowest BCUT2D eigenvalue weighted by atomic mass is 10.4.